The van der Waals surface area contributed by atoms with Crippen molar-refractivity contribution < 1.29 is 17.9 Å². The van der Waals surface area contributed by atoms with E-state index >= 15 is 0 Å². The fourth-order valence-corrected chi connectivity index (χ4v) is 4.92. The molecule has 2 aliphatic rings. The molecule has 0 bridgehead atoms. The summed E-state index contributed by atoms with van der Waals surface area (Å²) >= 11 is 0. The maximum Gasteiger partial charge on any atom is 0.322 e. The summed E-state index contributed by atoms with van der Waals surface area (Å²) < 4.78 is 28.7. The zero-order valence-electron chi connectivity index (χ0n) is 14.6. The molecule has 0 aliphatic carbocycles. The van der Waals surface area contributed by atoms with E-state index in [-0.39, 0.29) is 23.6 Å². The third kappa shape index (κ3) is 4.53. The molecule has 1 aromatic heterocycles. The number of morpholine rings is 1. The number of anilines is 2. The van der Waals surface area contributed by atoms with Crippen LogP contribution in [0.1, 0.15) is 6.42 Å². The second kappa shape index (κ2) is 8.05. The fraction of sp³-hybridized carbons (Fsp3) is 0.529. The van der Waals surface area contributed by atoms with Gasteiger partial charge in [0.2, 0.25) is 0 Å². The average Bonchev–Trinajstić information content (AvgIpc) is 3.00. The van der Waals surface area contributed by atoms with Gasteiger partial charge in [0.1, 0.15) is 5.82 Å². The molecule has 142 valence electrons. The number of aromatic nitrogens is 1. The van der Waals surface area contributed by atoms with Gasteiger partial charge in [0.05, 0.1) is 36.6 Å². The number of hydrogen-bond donors (Lipinski definition) is 1. The number of hydrogen-bond acceptors (Lipinski definition) is 6. The summed E-state index contributed by atoms with van der Waals surface area (Å²) in [6.45, 7) is 6.91. The van der Waals surface area contributed by atoms with Crippen LogP contribution in [0.5, 0.6) is 0 Å². The molecule has 0 spiro atoms. The van der Waals surface area contributed by atoms with Crippen molar-refractivity contribution in [2.45, 2.75) is 12.5 Å². The van der Waals surface area contributed by atoms with Gasteiger partial charge in [0.15, 0.2) is 9.84 Å². The van der Waals surface area contributed by atoms with Crippen molar-refractivity contribution in [2.24, 2.45) is 0 Å². The molecule has 1 aromatic rings. The zero-order valence-corrected chi connectivity index (χ0v) is 15.5. The standard InChI is InChI=1S/C17H24N4O4S/c1-2-6-21(15-5-11-26(23,24)13-15)17(22)19-14-3-4-16(18-12-14)20-7-9-25-10-8-20/h2-4,12,15H,1,5-11,13H2,(H,19,22)/t15-/m1/s1. The highest BCUT2D eigenvalue weighted by molar-refractivity contribution is 7.91. The lowest BCUT2D eigenvalue weighted by Gasteiger charge is -2.28. The summed E-state index contributed by atoms with van der Waals surface area (Å²) in [7, 11) is -3.07. The van der Waals surface area contributed by atoms with Crippen LogP contribution in [0.25, 0.3) is 0 Å². The molecule has 0 saturated carbocycles. The van der Waals surface area contributed by atoms with Gasteiger partial charge in [-0.1, -0.05) is 6.08 Å². The van der Waals surface area contributed by atoms with E-state index < -0.39 is 9.84 Å². The van der Waals surface area contributed by atoms with Crippen LogP contribution >= 0.6 is 0 Å². The second-order valence-electron chi connectivity index (χ2n) is 6.43. The maximum atomic E-state index is 12.6. The number of amides is 2. The summed E-state index contributed by atoms with van der Waals surface area (Å²) in [6.07, 6.45) is 3.67. The second-order valence-corrected chi connectivity index (χ2v) is 8.66. The Labute approximate surface area is 153 Å². The number of rotatable bonds is 5. The van der Waals surface area contributed by atoms with Crippen LogP contribution in [0.2, 0.25) is 0 Å². The van der Waals surface area contributed by atoms with Gasteiger partial charge < -0.3 is 19.9 Å². The predicted octanol–water partition coefficient (Wildman–Crippen LogP) is 1.13. The first-order valence-electron chi connectivity index (χ1n) is 8.66. The third-order valence-electron chi connectivity index (χ3n) is 4.57. The van der Waals surface area contributed by atoms with Gasteiger partial charge in [0.25, 0.3) is 0 Å². The number of nitrogens with one attached hydrogen (secondary N) is 1. The van der Waals surface area contributed by atoms with Gasteiger partial charge in [-0.15, -0.1) is 6.58 Å². The molecule has 0 radical (unpaired) electrons. The lowest BCUT2D eigenvalue weighted by Crippen LogP contribution is -2.43. The minimum atomic E-state index is -3.07. The summed E-state index contributed by atoms with van der Waals surface area (Å²) in [5, 5.41) is 2.80. The van der Waals surface area contributed by atoms with Crippen LogP contribution in [0.3, 0.4) is 0 Å². The maximum absolute atomic E-state index is 12.6. The Bertz CT molecular complexity index is 745. The van der Waals surface area contributed by atoms with Crippen molar-refractivity contribution in [1.82, 2.24) is 9.88 Å². The van der Waals surface area contributed by atoms with Crippen LogP contribution in [0, 0.1) is 0 Å². The van der Waals surface area contributed by atoms with Crippen molar-refractivity contribution in [1.29, 1.82) is 0 Å². The van der Waals surface area contributed by atoms with E-state index in [2.05, 4.69) is 21.8 Å². The predicted molar refractivity (Wildman–Crippen MR) is 100 cm³/mol. The molecule has 9 heteroatoms. The number of carbonyl (C=O) groups excluding carboxylic acids is 1. The Kier molecular flexibility index (Phi) is 5.77. The molecule has 2 saturated heterocycles. The van der Waals surface area contributed by atoms with Gasteiger partial charge in [-0.3, -0.25) is 0 Å². The van der Waals surface area contributed by atoms with Gasteiger partial charge in [0, 0.05) is 25.7 Å². The van der Waals surface area contributed by atoms with Crippen molar-refractivity contribution in [2.75, 3.05) is 54.6 Å². The Balaban J connectivity index is 1.64. The Morgan fingerprint density at radius 1 is 1.42 bits per heavy atom. The van der Waals surface area contributed by atoms with E-state index in [0.29, 0.717) is 31.9 Å². The lowest BCUT2D eigenvalue weighted by molar-refractivity contribution is 0.122. The van der Waals surface area contributed by atoms with E-state index in [0.717, 1.165) is 18.9 Å². The van der Waals surface area contributed by atoms with Gasteiger partial charge in [-0.2, -0.15) is 0 Å². The van der Waals surface area contributed by atoms with Gasteiger partial charge in [-0.25, -0.2) is 18.2 Å². The van der Waals surface area contributed by atoms with E-state index in [1.54, 1.807) is 18.3 Å². The number of urea groups is 1. The Hall–Kier alpha value is -2.13. The molecule has 3 rings (SSSR count). The van der Waals surface area contributed by atoms with Crippen molar-refractivity contribution >= 4 is 27.4 Å². The minimum absolute atomic E-state index is 0.00246. The highest BCUT2D eigenvalue weighted by Crippen LogP contribution is 2.20. The molecule has 2 fully saturated rings. The topological polar surface area (TPSA) is 91.8 Å². The number of sulfone groups is 1. The molecule has 2 amide bonds. The van der Waals surface area contributed by atoms with E-state index in [4.69, 9.17) is 4.74 Å². The first-order valence-corrected chi connectivity index (χ1v) is 10.5. The number of nitrogens with zero attached hydrogens (tertiary/aromatic N) is 3. The molecule has 1 N–H and O–H groups in total. The van der Waals surface area contributed by atoms with E-state index in [9.17, 15) is 13.2 Å². The molecule has 3 heterocycles. The van der Waals surface area contributed by atoms with Crippen LogP contribution in [0.15, 0.2) is 31.0 Å². The highest BCUT2D eigenvalue weighted by Gasteiger charge is 2.34. The molecular formula is C17H24N4O4S. The summed E-state index contributed by atoms with van der Waals surface area (Å²) in [5.41, 5.74) is 0.571. The number of ether oxygens (including phenoxy) is 1. The first kappa shape index (κ1) is 18.7. The van der Waals surface area contributed by atoms with Crippen molar-refractivity contribution in [3.63, 3.8) is 0 Å². The minimum Gasteiger partial charge on any atom is -0.378 e. The first-order chi connectivity index (χ1) is 12.5. The highest BCUT2D eigenvalue weighted by atomic mass is 32.2. The van der Waals surface area contributed by atoms with Crippen LogP contribution in [-0.4, -0.2) is 74.7 Å². The molecular weight excluding hydrogens is 356 g/mol. The van der Waals surface area contributed by atoms with Crippen LogP contribution < -0.4 is 10.2 Å². The SMILES string of the molecule is C=CCN(C(=O)Nc1ccc(N2CCOCC2)nc1)[C@@H]1CCS(=O)(=O)C1. The Morgan fingerprint density at radius 2 is 2.19 bits per heavy atom. The van der Waals surface area contributed by atoms with Crippen LogP contribution in [-0.2, 0) is 14.6 Å². The third-order valence-corrected chi connectivity index (χ3v) is 6.32. The van der Waals surface area contributed by atoms with Gasteiger partial charge >= 0.3 is 6.03 Å². The molecule has 2 aliphatic heterocycles. The summed E-state index contributed by atoms with van der Waals surface area (Å²) in [6, 6.07) is 3.00. The molecule has 8 nitrogen and oxygen atoms in total. The average molecular weight is 380 g/mol. The smallest absolute Gasteiger partial charge is 0.322 e. The van der Waals surface area contributed by atoms with Gasteiger partial charge in [-0.05, 0) is 18.6 Å². The largest absolute Gasteiger partial charge is 0.378 e. The fourth-order valence-electron chi connectivity index (χ4n) is 3.19. The lowest BCUT2D eigenvalue weighted by atomic mass is 10.2. The Morgan fingerprint density at radius 3 is 2.77 bits per heavy atom. The normalized spacial score (nSPS) is 22.0. The van der Waals surface area contributed by atoms with Crippen LogP contribution in [0.4, 0.5) is 16.3 Å². The van der Waals surface area contributed by atoms with E-state index in [1.165, 1.54) is 4.90 Å². The quantitative estimate of drug-likeness (QED) is 0.770. The molecule has 0 aromatic carbocycles. The molecule has 26 heavy (non-hydrogen) atoms. The number of carbonyl (C=O) groups is 1. The molecule has 0 unspecified atom stereocenters. The van der Waals surface area contributed by atoms with E-state index in [1.807, 2.05) is 6.07 Å². The summed E-state index contributed by atoms with van der Waals surface area (Å²) in [5.74, 6) is 0.966. The summed E-state index contributed by atoms with van der Waals surface area (Å²) in [4.78, 5) is 20.7. The monoisotopic (exact) mass is 380 g/mol. The zero-order chi connectivity index (χ0) is 18.6. The van der Waals surface area contributed by atoms with Crippen molar-refractivity contribution in [3.05, 3.63) is 31.0 Å². The van der Waals surface area contributed by atoms with Crippen molar-refractivity contribution in [3.8, 4) is 0 Å². The molecule has 1 atom stereocenters. The number of pyridine rings is 1.